The number of hydrogen-bond donors (Lipinski definition) is 1. The molecule has 5 heteroatoms. The van der Waals surface area contributed by atoms with Crippen molar-refractivity contribution in [3.8, 4) is 0 Å². The van der Waals surface area contributed by atoms with Crippen molar-refractivity contribution in [1.29, 1.82) is 0 Å². The summed E-state index contributed by atoms with van der Waals surface area (Å²) in [6.07, 6.45) is 1.58. The molecule has 1 amide bonds. The van der Waals surface area contributed by atoms with Gasteiger partial charge in [-0.25, -0.2) is 5.43 Å². The normalized spacial score (nSPS) is 11.4. The lowest BCUT2D eigenvalue weighted by molar-refractivity contribution is -0.121. The van der Waals surface area contributed by atoms with Crippen LogP contribution in [0.4, 0.5) is 0 Å². The van der Waals surface area contributed by atoms with E-state index in [1.165, 1.54) is 10.6 Å². The number of amides is 1. The fourth-order valence-electron chi connectivity index (χ4n) is 2.96. The Balaban J connectivity index is 1.80. The van der Waals surface area contributed by atoms with Crippen molar-refractivity contribution in [3.63, 3.8) is 0 Å². The van der Waals surface area contributed by atoms with Gasteiger partial charge in [-0.2, -0.15) is 5.10 Å². The summed E-state index contributed by atoms with van der Waals surface area (Å²) >= 11 is 0. The van der Waals surface area contributed by atoms with Gasteiger partial charge in [0.1, 0.15) is 6.54 Å². The summed E-state index contributed by atoms with van der Waals surface area (Å²) in [6.45, 7) is 1.82. The Morgan fingerprint density at radius 1 is 0.926 bits per heavy atom. The minimum absolute atomic E-state index is 0.0628. The summed E-state index contributed by atoms with van der Waals surface area (Å²) in [5.41, 5.74) is 5.30. The molecule has 0 aliphatic rings. The van der Waals surface area contributed by atoms with Crippen molar-refractivity contribution in [2.24, 2.45) is 5.10 Å². The lowest BCUT2D eigenvalue weighted by Crippen LogP contribution is -2.30. The standard InChI is InChI=1S/C22H21N3O2/c1-17(23-24-20(26)16-25-15-9-8-14-21(25)27)22(18-10-4-2-5-11-18)19-12-6-3-7-13-19/h2-15,22H,16H2,1H3,(H,24,26)/b23-17-. The topological polar surface area (TPSA) is 63.5 Å². The number of carbonyl (C=O) groups is 1. The van der Waals surface area contributed by atoms with Gasteiger partial charge in [-0.15, -0.1) is 0 Å². The molecule has 5 nitrogen and oxygen atoms in total. The number of carbonyl (C=O) groups excluding carboxylic acids is 1. The van der Waals surface area contributed by atoms with Crippen molar-refractivity contribution >= 4 is 11.6 Å². The van der Waals surface area contributed by atoms with Gasteiger partial charge in [-0.1, -0.05) is 66.7 Å². The lowest BCUT2D eigenvalue weighted by Gasteiger charge is -2.18. The summed E-state index contributed by atoms with van der Waals surface area (Å²) < 4.78 is 1.34. The van der Waals surface area contributed by atoms with E-state index in [1.54, 1.807) is 18.3 Å². The number of hydrazone groups is 1. The first kappa shape index (κ1) is 18.3. The van der Waals surface area contributed by atoms with Crippen LogP contribution in [0.5, 0.6) is 0 Å². The fourth-order valence-corrected chi connectivity index (χ4v) is 2.96. The largest absolute Gasteiger partial charge is 0.306 e. The molecule has 1 aromatic heterocycles. The molecule has 27 heavy (non-hydrogen) atoms. The summed E-state index contributed by atoms with van der Waals surface area (Å²) in [5, 5.41) is 4.30. The number of aromatic nitrogens is 1. The van der Waals surface area contributed by atoms with Gasteiger partial charge in [-0.05, 0) is 24.1 Å². The Morgan fingerprint density at radius 3 is 2.04 bits per heavy atom. The minimum atomic E-state index is -0.345. The second-order valence-corrected chi connectivity index (χ2v) is 6.21. The van der Waals surface area contributed by atoms with Gasteiger partial charge in [0.2, 0.25) is 0 Å². The molecule has 0 bridgehead atoms. The third-order valence-electron chi connectivity index (χ3n) is 4.25. The highest BCUT2D eigenvalue weighted by atomic mass is 16.2. The van der Waals surface area contributed by atoms with Crippen molar-refractivity contribution in [2.75, 3.05) is 0 Å². The van der Waals surface area contributed by atoms with Gasteiger partial charge >= 0.3 is 0 Å². The van der Waals surface area contributed by atoms with Crippen molar-refractivity contribution < 1.29 is 4.79 Å². The summed E-state index contributed by atoms with van der Waals surface area (Å²) in [5.74, 6) is -0.408. The van der Waals surface area contributed by atoms with E-state index < -0.39 is 0 Å². The molecule has 0 radical (unpaired) electrons. The molecule has 0 fully saturated rings. The minimum Gasteiger partial charge on any atom is -0.306 e. The van der Waals surface area contributed by atoms with Crippen molar-refractivity contribution in [3.05, 3.63) is 107 Å². The van der Waals surface area contributed by atoms with Crippen LogP contribution in [0.25, 0.3) is 0 Å². The van der Waals surface area contributed by atoms with Crippen molar-refractivity contribution in [1.82, 2.24) is 9.99 Å². The smallest absolute Gasteiger partial charge is 0.260 e. The van der Waals surface area contributed by atoms with Crippen molar-refractivity contribution in [2.45, 2.75) is 19.4 Å². The third kappa shape index (κ3) is 4.79. The molecule has 2 aromatic carbocycles. The summed E-state index contributed by atoms with van der Waals surface area (Å²) in [6, 6.07) is 24.8. The van der Waals surface area contributed by atoms with Gasteiger partial charge in [0.05, 0.1) is 0 Å². The molecule has 1 N–H and O–H groups in total. The van der Waals surface area contributed by atoms with E-state index in [0.717, 1.165) is 16.8 Å². The first-order valence-electron chi connectivity index (χ1n) is 8.73. The highest BCUT2D eigenvalue weighted by molar-refractivity contribution is 5.92. The van der Waals surface area contributed by atoms with Gasteiger partial charge in [0.25, 0.3) is 11.5 Å². The van der Waals surface area contributed by atoms with Crippen LogP contribution in [0.2, 0.25) is 0 Å². The van der Waals surface area contributed by atoms with Crippen LogP contribution in [0.15, 0.2) is 95.0 Å². The number of hydrogen-bond acceptors (Lipinski definition) is 3. The molecular formula is C22H21N3O2. The average molecular weight is 359 g/mol. The second kappa shape index (κ2) is 8.76. The van der Waals surface area contributed by atoms with E-state index >= 15 is 0 Å². The number of benzene rings is 2. The quantitative estimate of drug-likeness (QED) is 0.543. The molecule has 136 valence electrons. The lowest BCUT2D eigenvalue weighted by atomic mass is 9.88. The maximum atomic E-state index is 12.2. The predicted molar refractivity (Wildman–Crippen MR) is 107 cm³/mol. The SMILES string of the molecule is C/C(=N/NC(=O)Cn1ccccc1=O)C(c1ccccc1)c1ccccc1. The number of nitrogens with zero attached hydrogens (tertiary/aromatic N) is 2. The Bertz CT molecular complexity index is 939. The molecule has 1 heterocycles. The number of rotatable bonds is 6. The van der Waals surface area contributed by atoms with Crippen LogP contribution in [0.3, 0.4) is 0 Å². The monoisotopic (exact) mass is 359 g/mol. The Kier molecular flexibility index (Phi) is 5.94. The molecule has 0 aliphatic heterocycles. The second-order valence-electron chi connectivity index (χ2n) is 6.21. The van der Waals surface area contributed by atoms with Crippen LogP contribution in [0, 0.1) is 0 Å². The Morgan fingerprint density at radius 2 is 1.48 bits per heavy atom. The average Bonchev–Trinajstić information content (AvgIpc) is 2.70. The van der Waals surface area contributed by atoms with E-state index in [4.69, 9.17) is 0 Å². The van der Waals surface area contributed by atoms with E-state index in [1.807, 2.05) is 67.6 Å². The number of pyridine rings is 1. The molecule has 0 spiro atoms. The zero-order valence-corrected chi connectivity index (χ0v) is 15.1. The highest BCUT2D eigenvalue weighted by Crippen LogP contribution is 2.25. The van der Waals surface area contributed by atoms with Gasteiger partial charge in [0, 0.05) is 23.9 Å². The van der Waals surface area contributed by atoms with Crippen LogP contribution in [0.1, 0.15) is 24.0 Å². The first-order valence-corrected chi connectivity index (χ1v) is 8.73. The fraction of sp³-hybridized carbons (Fsp3) is 0.136. The predicted octanol–water partition coefficient (Wildman–Crippen LogP) is 3.17. The molecule has 0 atom stereocenters. The molecular weight excluding hydrogens is 338 g/mol. The van der Waals surface area contributed by atoms with Crippen LogP contribution < -0.4 is 11.0 Å². The highest BCUT2D eigenvalue weighted by Gasteiger charge is 2.17. The molecule has 3 aromatic rings. The van der Waals surface area contributed by atoms with Crippen LogP contribution >= 0.6 is 0 Å². The van der Waals surface area contributed by atoms with Crippen LogP contribution in [-0.4, -0.2) is 16.2 Å². The molecule has 3 rings (SSSR count). The van der Waals surface area contributed by atoms with Gasteiger partial charge < -0.3 is 4.57 Å². The Labute approximate surface area is 158 Å². The van der Waals surface area contributed by atoms with Gasteiger partial charge in [-0.3, -0.25) is 9.59 Å². The van der Waals surface area contributed by atoms with E-state index in [-0.39, 0.29) is 23.9 Å². The van der Waals surface area contributed by atoms with E-state index in [9.17, 15) is 9.59 Å². The molecule has 0 aliphatic carbocycles. The maximum Gasteiger partial charge on any atom is 0.260 e. The maximum absolute atomic E-state index is 12.2. The van der Waals surface area contributed by atoms with E-state index in [0.29, 0.717) is 0 Å². The molecule has 0 saturated heterocycles. The van der Waals surface area contributed by atoms with Crippen LogP contribution in [-0.2, 0) is 11.3 Å². The molecule has 0 saturated carbocycles. The zero-order chi connectivity index (χ0) is 19.1. The third-order valence-corrected chi connectivity index (χ3v) is 4.25. The van der Waals surface area contributed by atoms with Gasteiger partial charge in [0.15, 0.2) is 0 Å². The summed E-state index contributed by atoms with van der Waals surface area (Å²) in [7, 11) is 0. The summed E-state index contributed by atoms with van der Waals surface area (Å²) in [4.78, 5) is 23.9. The Hall–Kier alpha value is -3.47. The number of nitrogens with one attached hydrogen (secondary N) is 1. The first-order chi connectivity index (χ1) is 13.1. The molecule has 0 unspecified atom stereocenters. The van der Waals surface area contributed by atoms with E-state index in [2.05, 4.69) is 10.5 Å². The zero-order valence-electron chi connectivity index (χ0n) is 15.1.